The van der Waals surface area contributed by atoms with E-state index in [1.54, 1.807) is 14.2 Å². The minimum atomic E-state index is -0.188. The van der Waals surface area contributed by atoms with E-state index in [4.69, 9.17) is 15.2 Å². The van der Waals surface area contributed by atoms with Gasteiger partial charge in [0, 0.05) is 27.2 Å². The van der Waals surface area contributed by atoms with E-state index in [-0.39, 0.29) is 6.29 Å². The molecule has 0 spiro atoms. The lowest BCUT2D eigenvalue weighted by molar-refractivity contribution is -0.104. The highest BCUT2D eigenvalue weighted by Crippen LogP contribution is 1.93. The molecule has 0 aromatic carbocycles. The zero-order chi connectivity index (χ0) is 6.41. The maximum absolute atomic E-state index is 6.78. The highest BCUT2D eigenvalue weighted by Gasteiger charge is 2.00. The zero-order valence-corrected chi connectivity index (χ0v) is 5.31. The van der Waals surface area contributed by atoms with Crippen molar-refractivity contribution in [2.24, 2.45) is 0 Å². The third kappa shape index (κ3) is 2.96. The molecular formula is C5H12NO2. The summed E-state index contributed by atoms with van der Waals surface area (Å²) >= 11 is 0. The van der Waals surface area contributed by atoms with Crippen molar-refractivity contribution in [2.75, 3.05) is 20.8 Å². The van der Waals surface area contributed by atoms with E-state index in [2.05, 4.69) is 0 Å². The van der Waals surface area contributed by atoms with Gasteiger partial charge in [0.25, 0.3) is 0 Å². The Labute approximate surface area is 49.8 Å². The Balaban J connectivity index is 3.07. The number of methoxy groups -OCH3 is 2. The van der Waals surface area contributed by atoms with E-state index in [1.165, 1.54) is 0 Å². The minimum Gasteiger partial charge on any atom is -0.356 e. The van der Waals surface area contributed by atoms with E-state index < -0.39 is 0 Å². The topological polar surface area (TPSA) is 42.3 Å². The lowest BCUT2D eigenvalue weighted by Gasteiger charge is -2.09. The van der Waals surface area contributed by atoms with E-state index >= 15 is 0 Å². The predicted octanol–water partition coefficient (Wildman–Crippen LogP) is 0.278. The summed E-state index contributed by atoms with van der Waals surface area (Å²) in [5, 5.41) is 0. The van der Waals surface area contributed by atoms with Gasteiger partial charge in [-0.3, -0.25) is 5.73 Å². The molecule has 0 aliphatic carbocycles. The van der Waals surface area contributed by atoms with Crippen LogP contribution in [-0.2, 0) is 9.47 Å². The van der Waals surface area contributed by atoms with Gasteiger partial charge in [0.15, 0.2) is 6.29 Å². The second-order valence-corrected chi connectivity index (χ2v) is 1.44. The molecule has 0 aromatic rings. The summed E-state index contributed by atoms with van der Waals surface area (Å²) in [7, 11) is 3.15. The quantitative estimate of drug-likeness (QED) is 0.497. The first kappa shape index (κ1) is 7.88. The lowest BCUT2D eigenvalue weighted by atomic mass is 10.4. The first-order valence-electron chi connectivity index (χ1n) is 2.55. The van der Waals surface area contributed by atoms with Gasteiger partial charge in [-0.25, -0.2) is 0 Å². The summed E-state index contributed by atoms with van der Waals surface area (Å²) in [6.45, 7) is 0.354. The first-order valence-corrected chi connectivity index (χ1v) is 2.55. The van der Waals surface area contributed by atoms with E-state index in [1.807, 2.05) is 0 Å². The molecule has 0 aliphatic rings. The van der Waals surface area contributed by atoms with Crippen LogP contribution in [0.25, 0.3) is 0 Å². The highest BCUT2D eigenvalue weighted by atomic mass is 16.7. The van der Waals surface area contributed by atoms with E-state index in [9.17, 15) is 0 Å². The van der Waals surface area contributed by atoms with Crippen LogP contribution in [0.5, 0.6) is 0 Å². The van der Waals surface area contributed by atoms with Crippen molar-refractivity contribution in [2.45, 2.75) is 12.7 Å². The van der Waals surface area contributed by atoms with E-state index in [0.29, 0.717) is 13.0 Å². The van der Waals surface area contributed by atoms with Gasteiger partial charge in [-0.05, 0) is 0 Å². The predicted molar refractivity (Wildman–Crippen MR) is 30.4 cm³/mol. The monoisotopic (exact) mass is 118 g/mol. The molecular weight excluding hydrogens is 106 g/mol. The number of ether oxygens (including phenoxy) is 2. The van der Waals surface area contributed by atoms with Crippen molar-refractivity contribution in [3.8, 4) is 0 Å². The summed E-state index contributed by atoms with van der Waals surface area (Å²) in [4.78, 5) is 0. The molecule has 0 atom stereocenters. The standard InChI is InChI=1S/C5H12NO2/c1-7-5(8-2)3-4-6/h5-6H,3-4H2,1-2H3. The molecule has 0 bridgehead atoms. The number of nitrogens with one attached hydrogen (secondary N) is 1. The molecule has 0 saturated heterocycles. The zero-order valence-electron chi connectivity index (χ0n) is 5.31. The van der Waals surface area contributed by atoms with Crippen LogP contribution < -0.4 is 5.73 Å². The molecule has 0 amide bonds. The molecule has 0 unspecified atom stereocenters. The molecule has 0 fully saturated rings. The SMILES string of the molecule is COC(CC[NH])OC. The Hall–Kier alpha value is -0.120. The number of rotatable bonds is 4. The van der Waals surface area contributed by atoms with Crippen LogP contribution in [0.2, 0.25) is 0 Å². The molecule has 8 heavy (non-hydrogen) atoms. The second-order valence-electron chi connectivity index (χ2n) is 1.44. The van der Waals surface area contributed by atoms with Crippen LogP contribution in [0, 0.1) is 0 Å². The Morgan fingerprint density at radius 3 is 2.00 bits per heavy atom. The fourth-order valence-corrected chi connectivity index (χ4v) is 0.450. The Morgan fingerprint density at radius 2 is 1.88 bits per heavy atom. The van der Waals surface area contributed by atoms with Crippen LogP contribution >= 0.6 is 0 Å². The van der Waals surface area contributed by atoms with Crippen LogP contribution in [0.3, 0.4) is 0 Å². The summed E-state index contributed by atoms with van der Waals surface area (Å²) in [5.41, 5.74) is 6.78. The van der Waals surface area contributed by atoms with Gasteiger partial charge in [0.05, 0.1) is 0 Å². The van der Waals surface area contributed by atoms with Crippen molar-refractivity contribution in [3.63, 3.8) is 0 Å². The second kappa shape index (κ2) is 5.03. The maximum atomic E-state index is 6.78. The Kier molecular flexibility index (Phi) is 4.95. The summed E-state index contributed by atoms with van der Waals surface area (Å²) < 4.78 is 9.60. The molecule has 1 N–H and O–H groups in total. The molecule has 3 heteroatoms. The van der Waals surface area contributed by atoms with E-state index in [0.717, 1.165) is 0 Å². The van der Waals surface area contributed by atoms with Crippen molar-refractivity contribution in [1.29, 1.82) is 0 Å². The van der Waals surface area contributed by atoms with Crippen LogP contribution in [-0.4, -0.2) is 27.1 Å². The minimum absolute atomic E-state index is 0.188. The molecule has 3 nitrogen and oxygen atoms in total. The van der Waals surface area contributed by atoms with Crippen LogP contribution in [0.15, 0.2) is 0 Å². The van der Waals surface area contributed by atoms with Gasteiger partial charge in [-0.2, -0.15) is 0 Å². The van der Waals surface area contributed by atoms with Gasteiger partial charge in [-0.15, -0.1) is 0 Å². The molecule has 0 heterocycles. The number of hydrogen-bond donors (Lipinski definition) is 0. The van der Waals surface area contributed by atoms with Gasteiger partial charge in [0.2, 0.25) is 0 Å². The van der Waals surface area contributed by atoms with Crippen molar-refractivity contribution in [3.05, 3.63) is 0 Å². The summed E-state index contributed by atoms with van der Waals surface area (Å²) in [5.74, 6) is 0. The van der Waals surface area contributed by atoms with Crippen molar-refractivity contribution < 1.29 is 9.47 Å². The Morgan fingerprint density at radius 1 is 1.38 bits per heavy atom. The largest absolute Gasteiger partial charge is 0.356 e. The van der Waals surface area contributed by atoms with Crippen molar-refractivity contribution >= 4 is 0 Å². The molecule has 0 aliphatic heterocycles. The van der Waals surface area contributed by atoms with Crippen molar-refractivity contribution in [1.82, 2.24) is 5.73 Å². The van der Waals surface area contributed by atoms with Gasteiger partial charge in [0.1, 0.15) is 0 Å². The molecule has 0 aromatic heterocycles. The summed E-state index contributed by atoms with van der Waals surface area (Å²) in [6, 6.07) is 0. The maximum Gasteiger partial charge on any atom is 0.158 e. The molecule has 49 valence electrons. The third-order valence-corrected chi connectivity index (χ3v) is 0.906. The third-order valence-electron chi connectivity index (χ3n) is 0.906. The molecule has 0 saturated carbocycles. The Bertz CT molecular complexity index is 45.7. The fourth-order valence-electron chi connectivity index (χ4n) is 0.450. The first-order chi connectivity index (χ1) is 3.85. The van der Waals surface area contributed by atoms with Gasteiger partial charge in [-0.1, -0.05) is 0 Å². The average Bonchev–Trinajstić information content (AvgIpc) is 1.83. The lowest BCUT2D eigenvalue weighted by Crippen LogP contribution is -2.14. The highest BCUT2D eigenvalue weighted by molar-refractivity contribution is 4.41. The van der Waals surface area contributed by atoms with Crippen LogP contribution in [0.1, 0.15) is 6.42 Å². The molecule has 1 radical (unpaired) electrons. The van der Waals surface area contributed by atoms with Crippen LogP contribution in [0.4, 0.5) is 0 Å². The fraction of sp³-hybridized carbons (Fsp3) is 1.00. The normalized spacial score (nSPS) is 10.5. The average molecular weight is 118 g/mol. The summed E-state index contributed by atoms with van der Waals surface area (Å²) in [6.07, 6.45) is 0.458. The van der Waals surface area contributed by atoms with Gasteiger partial charge >= 0.3 is 0 Å². The molecule has 0 rings (SSSR count). The van der Waals surface area contributed by atoms with Gasteiger partial charge < -0.3 is 9.47 Å². The number of hydrogen-bond acceptors (Lipinski definition) is 2. The smallest absolute Gasteiger partial charge is 0.158 e.